The molecule has 2 rings (SSSR count). The molecule has 0 aliphatic carbocycles. The molecule has 0 radical (unpaired) electrons. The molecule has 2 amide bonds. The van der Waals surface area contributed by atoms with E-state index >= 15 is 0 Å². The van der Waals surface area contributed by atoms with Gasteiger partial charge in [-0.1, -0.05) is 32.6 Å². The lowest BCUT2D eigenvalue weighted by Gasteiger charge is -2.28. The minimum absolute atomic E-state index is 0.173. The fraction of sp³-hybridized carbons (Fsp3) is 0.786. The number of nitrogens with one attached hydrogen (secondary N) is 1. The molecule has 106 valence electrons. The first-order valence-corrected chi connectivity index (χ1v) is 7.40. The fourth-order valence-electron chi connectivity index (χ4n) is 2.61. The molecule has 0 aromatic carbocycles. The number of hydrogen-bond donors (Lipinski definition) is 1. The van der Waals surface area contributed by atoms with Crippen molar-refractivity contribution in [3.05, 3.63) is 0 Å². The van der Waals surface area contributed by atoms with Crippen molar-refractivity contribution in [2.75, 3.05) is 13.1 Å². The normalized spacial score (nSPS) is 24.8. The molecule has 2 heterocycles. The summed E-state index contributed by atoms with van der Waals surface area (Å²) in [6.07, 6.45) is 7.11. The monoisotopic (exact) mass is 265 g/mol. The van der Waals surface area contributed by atoms with Gasteiger partial charge in [0.05, 0.1) is 0 Å². The van der Waals surface area contributed by atoms with Gasteiger partial charge in [0.1, 0.15) is 5.92 Å². The summed E-state index contributed by atoms with van der Waals surface area (Å²) in [6.45, 7) is 3.81. The predicted octanol–water partition coefficient (Wildman–Crippen LogP) is 1.68. The van der Waals surface area contributed by atoms with Crippen LogP contribution in [-0.2, 0) is 9.59 Å². The number of rotatable bonds is 3. The maximum absolute atomic E-state index is 12.0. The Morgan fingerprint density at radius 2 is 1.89 bits per heavy atom. The van der Waals surface area contributed by atoms with Gasteiger partial charge in [-0.25, -0.2) is 0 Å². The molecule has 1 N–H and O–H groups in total. The Balaban J connectivity index is 2.03. The highest BCUT2D eigenvalue weighted by molar-refractivity contribution is 6.15. The van der Waals surface area contributed by atoms with Crippen molar-refractivity contribution in [2.45, 2.75) is 51.9 Å². The van der Waals surface area contributed by atoms with Crippen molar-refractivity contribution < 1.29 is 9.59 Å². The van der Waals surface area contributed by atoms with Crippen molar-refractivity contribution in [3.63, 3.8) is 0 Å². The van der Waals surface area contributed by atoms with E-state index in [4.69, 9.17) is 0 Å². The van der Waals surface area contributed by atoms with E-state index in [1.54, 1.807) is 0 Å². The van der Waals surface area contributed by atoms with Crippen LogP contribution in [0.25, 0.3) is 0 Å². The summed E-state index contributed by atoms with van der Waals surface area (Å²) in [6, 6.07) is 0. The van der Waals surface area contributed by atoms with Crippen LogP contribution in [0.3, 0.4) is 0 Å². The molecule has 5 heteroatoms. The van der Waals surface area contributed by atoms with Crippen molar-refractivity contribution >= 4 is 17.8 Å². The van der Waals surface area contributed by atoms with Gasteiger partial charge in [0.2, 0.25) is 11.9 Å². The van der Waals surface area contributed by atoms with Crippen LogP contribution in [0.2, 0.25) is 0 Å². The zero-order chi connectivity index (χ0) is 13.7. The van der Waals surface area contributed by atoms with Crippen molar-refractivity contribution in [1.82, 2.24) is 10.2 Å². The Bertz CT molecular complexity index is 371. The molecule has 5 nitrogen and oxygen atoms in total. The van der Waals surface area contributed by atoms with Gasteiger partial charge >= 0.3 is 0 Å². The minimum Gasteiger partial charge on any atom is -0.342 e. The number of hydrogen-bond acceptors (Lipinski definition) is 3. The lowest BCUT2D eigenvalue weighted by Crippen LogP contribution is -2.51. The van der Waals surface area contributed by atoms with Gasteiger partial charge in [-0.2, -0.15) is 4.99 Å². The third-order valence-corrected chi connectivity index (χ3v) is 3.82. The van der Waals surface area contributed by atoms with Crippen molar-refractivity contribution in [1.29, 1.82) is 0 Å². The molecule has 1 saturated heterocycles. The third kappa shape index (κ3) is 3.55. The van der Waals surface area contributed by atoms with E-state index in [1.807, 2.05) is 4.90 Å². The number of unbranched alkanes of at least 4 members (excludes halogenated alkanes) is 1. The van der Waals surface area contributed by atoms with Gasteiger partial charge < -0.3 is 4.90 Å². The maximum Gasteiger partial charge on any atom is 0.261 e. The molecule has 1 unspecified atom stereocenters. The third-order valence-electron chi connectivity index (χ3n) is 3.82. The summed E-state index contributed by atoms with van der Waals surface area (Å²) in [5.41, 5.74) is 0. The molecule has 0 saturated carbocycles. The topological polar surface area (TPSA) is 61.8 Å². The SMILES string of the molecule is CCCCC1C(=O)N=C(N2CCCCCC2)NC1=O. The molecule has 0 spiro atoms. The number of amides is 2. The zero-order valence-corrected chi connectivity index (χ0v) is 11.7. The quantitative estimate of drug-likeness (QED) is 0.790. The summed E-state index contributed by atoms with van der Waals surface area (Å²) in [4.78, 5) is 30.1. The lowest BCUT2D eigenvalue weighted by atomic mass is 9.99. The van der Waals surface area contributed by atoms with Crippen LogP contribution in [-0.4, -0.2) is 35.8 Å². The summed E-state index contributed by atoms with van der Waals surface area (Å²) >= 11 is 0. The molecule has 2 aliphatic rings. The average molecular weight is 265 g/mol. The fourth-order valence-corrected chi connectivity index (χ4v) is 2.61. The van der Waals surface area contributed by atoms with E-state index in [9.17, 15) is 9.59 Å². The first-order valence-electron chi connectivity index (χ1n) is 7.40. The Morgan fingerprint density at radius 1 is 1.21 bits per heavy atom. The Hall–Kier alpha value is -1.39. The van der Waals surface area contributed by atoms with Crippen LogP contribution < -0.4 is 5.32 Å². The van der Waals surface area contributed by atoms with Crippen LogP contribution in [0, 0.1) is 5.92 Å². The van der Waals surface area contributed by atoms with E-state index < -0.39 is 5.92 Å². The smallest absolute Gasteiger partial charge is 0.261 e. The van der Waals surface area contributed by atoms with Crippen LogP contribution in [0.4, 0.5) is 0 Å². The van der Waals surface area contributed by atoms with Gasteiger partial charge in [-0.05, 0) is 19.3 Å². The lowest BCUT2D eigenvalue weighted by molar-refractivity contribution is -0.134. The Kier molecular flexibility index (Phi) is 4.93. The highest BCUT2D eigenvalue weighted by Gasteiger charge is 2.33. The summed E-state index contributed by atoms with van der Waals surface area (Å²) in [7, 11) is 0. The van der Waals surface area contributed by atoms with Crippen LogP contribution in [0.15, 0.2) is 4.99 Å². The van der Waals surface area contributed by atoms with E-state index in [-0.39, 0.29) is 11.8 Å². The number of nitrogens with zero attached hydrogens (tertiary/aromatic N) is 2. The second kappa shape index (κ2) is 6.68. The van der Waals surface area contributed by atoms with Gasteiger partial charge in [0, 0.05) is 13.1 Å². The first-order chi connectivity index (χ1) is 9.22. The molecule has 0 aromatic rings. The van der Waals surface area contributed by atoms with E-state index in [0.29, 0.717) is 12.4 Å². The predicted molar refractivity (Wildman–Crippen MR) is 73.6 cm³/mol. The molecule has 19 heavy (non-hydrogen) atoms. The van der Waals surface area contributed by atoms with Crippen molar-refractivity contribution in [3.8, 4) is 0 Å². The highest BCUT2D eigenvalue weighted by Crippen LogP contribution is 2.16. The molecule has 0 aromatic heterocycles. The molecule has 1 atom stereocenters. The molecular formula is C14H23N3O2. The van der Waals surface area contributed by atoms with Crippen LogP contribution in [0.5, 0.6) is 0 Å². The Labute approximate surface area is 114 Å². The van der Waals surface area contributed by atoms with E-state index in [0.717, 1.165) is 38.8 Å². The number of aliphatic imine (C=N–C) groups is 1. The van der Waals surface area contributed by atoms with Gasteiger partial charge in [0.15, 0.2) is 0 Å². The number of carbonyl (C=O) groups is 2. The summed E-state index contributed by atoms with van der Waals surface area (Å²) < 4.78 is 0. The van der Waals surface area contributed by atoms with Gasteiger partial charge in [0.25, 0.3) is 5.91 Å². The molecule has 0 bridgehead atoms. The second-order valence-corrected chi connectivity index (χ2v) is 5.36. The van der Waals surface area contributed by atoms with Crippen LogP contribution >= 0.6 is 0 Å². The first kappa shape index (κ1) is 14.0. The zero-order valence-electron chi connectivity index (χ0n) is 11.7. The second-order valence-electron chi connectivity index (χ2n) is 5.36. The minimum atomic E-state index is -0.573. The van der Waals surface area contributed by atoms with Crippen LogP contribution in [0.1, 0.15) is 51.9 Å². The average Bonchev–Trinajstić information content (AvgIpc) is 2.66. The molecular weight excluding hydrogens is 242 g/mol. The van der Waals surface area contributed by atoms with E-state index in [1.165, 1.54) is 12.8 Å². The van der Waals surface area contributed by atoms with Crippen molar-refractivity contribution in [2.24, 2.45) is 10.9 Å². The number of guanidine groups is 1. The summed E-state index contributed by atoms with van der Waals surface area (Å²) in [5, 5.41) is 2.82. The largest absolute Gasteiger partial charge is 0.342 e. The number of likely N-dealkylation sites (tertiary alicyclic amines) is 1. The Morgan fingerprint density at radius 3 is 2.47 bits per heavy atom. The van der Waals surface area contributed by atoms with E-state index in [2.05, 4.69) is 17.2 Å². The number of carbonyl (C=O) groups excluding carboxylic acids is 2. The molecule has 2 aliphatic heterocycles. The highest BCUT2D eigenvalue weighted by atomic mass is 16.2. The maximum atomic E-state index is 12.0. The van der Waals surface area contributed by atoms with Gasteiger partial charge in [-0.3, -0.25) is 14.9 Å². The standard InChI is InChI=1S/C14H23N3O2/c1-2-3-8-11-12(18)15-14(16-13(11)19)17-9-6-4-5-7-10-17/h11H,2-10H2,1H3,(H,15,16,18,19). The molecule has 1 fully saturated rings. The summed E-state index contributed by atoms with van der Waals surface area (Å²) in [5.74, 6) is -0.538. The van der Waals surface area contributed by atoms with Gasteiger partial charge in [-0.15, -0.1) is 0 Å².